The van der Waals surface area contributed by atoms with Crippen LogP contribution in [0, 0.1) is 17.5 Å². The Morgan fingerprint density at radius 3 is 2.45 bits per heavy atom. The van der Waals surface area contributed by atoms with Crippen molar-refractivity contribution in [1.29, 1.82) is 0 Å². The third-order valence-corrected chi connectivity index (χ3v) is 7.94. The van der Waals surface area contributed by atoms with Crippen molar-refractivity contribution in [2.24, 2.45) is 5.73 Å². The van der Waals surface area contributed by atoms with Gasteiger partial charge in [0.25, 0.3) is 18.3 Å². The molecule has 0 bridgehead atoms. The van der Waals surface area contributed by atoms with E-state index in [0.717, 1.165) is 22.9 Å². The van der Waals surface area contributed by atoms with E-state index in [2.05, 4.69) is 15.4 Å². The molecule has 2 aromatic heterocycles. The average Bonchev–Trinajstić information content (AvgIpc) is 3.45. The number of carbonyl (C=O) groups is 2. The number of benzene rings is 2. The first-order chi connectivity index (χ1) is 20.8. The molecule has 4 aromatic rings. The first kappa shape index (κ1) is 29.3. The summed E-state index contributed by atoms with van der Waals surface area (Å²) < 4.78 is 99.0. The zero-order chi connectivity index (χ0) is 31.6. The molecule has 1 fully saturated rings. The van der Waals surface area contributed by atoms with Crippen molar-refractivity contribution in [3.63, 3.8) is 0 Å². The van der Waals surface area contributed by atoms with Crippen LogP contribution in [0.25, 0.3) is 11.1 Å². The molecule has 0 saturated heterocycles. The average molecular weight is 618 g/mol. The van der Waals surface area contributed by atoms with Gasteiger partial charge in [-0.3, -0.25) is 19.3 Å². The standard InChI is InChI=1S/C30H22F7N5O2/c31-16-6-15(7-17(32)9-16)21-11-30(21,26-18(2-1-5-39-26)14-3-4-22(33)19(8-14)28(38)44)40-24(43)13-42-23-12-29(36,37)10-20(23)25(41-42)27(34)35/h1-9,21,27H,10-13H2,(H2,38,44)(H,40,43). The lowest BCUT2D eigenvalue weighted by atomic mass is 9.94. The minimum absolute atomic E-state index is 0.0765. The third kappa shape index (κ3) is 5.18. The van der Waals surface area contributed by atoms with Crippen LogP contribution < -0.4 is 11.1 Å². The number of hydrogen-bond donors (Lipinski definition) is 2. The summed E-state index contributed by atoms with van der Waals surface area (Å²) in [6.07, 6.45) is -3.47. The van der Waals surface area contributed by atoms with Crippen molar-refractivity contribution in [3.8, 4) is 11.1 Å². The number of nitrogens with zero attached hydrogens (tertiary/aromatic N) is 3. The lowest BCUT2D eigenvalue weighted by molar-refractivity contribution is -0.123. The number of rotatable bonds is 8. The first-order valence-corrected chi connectivity index (χ1v) is 13.3. The van der Waals surface area contributed by atoms with Crippen LogP contribution >= 0.6 is 0 Å². The molecule has 2 amide bonds. The third-order valence-electron chi connectivity index (χ3n) is 7.94. The number of amides is 2. The quantitative estimate of drug-likeness (QED) is 0.261. The molecule has 0 spiro atoms. The smallest absolute Gasteiger partial charge is 0.282 e. The summed E-state index contributed by atoms with van der Waals surface area (Å²) in [5.74, 6) is -8.48. The van der Waals surface area contributed by atoms with Gasteiger partial charge in [0, 0.05) is 41.4 Å². The number of carbonyl (C=O) groups excluding carboxylic acids is 2. The van der Waals surface area contributed by atoms with Gasteiger partial charge in [-0.15, -0.1) is 0 Å². The van der Waals surface area contributed by atoms with Crippen molar-refractivity contribution in [2.75, 3.05) is 0 Å². The molecule has 0 radical (unpaired) electrons. The summed E-state index contributed by atoms with van der Waals surface area (Å²) in [4.78, 5) is 29.8. The SMILES string of the molecule is NC(=O)c1cc(-c2cccnc2C2(NC(=O)Cn3nc(C(F)F)c4c3CC(F)(F)C4)CC2c2cc(F)cc(F)c2)ccc1F. The van der Waals surface area contributed by atoms with Gasteiger partial charge in [0.2, 0.25) is 5.91 Å². The lowest BCUT2D eigenvalue weighted by Crippen LogP contribution is -2.39. The molecular formula is C30H22F7N5O2. The van der Waals surface area contributed by atoms with Gasteiger partial charge < -0.3 is 11.1 Å². The van der Waals surface area contributed by atoms with Gasteiger partial charge in [-0.1, -0.05) is 12.1 Å². The maximum absolute atomic E-state index is 14.3. The number of fused-ring (bicyclic) bond motifs is 1. The Labute approximate surface area is 244 Å². The predicted molar refractivity (Wildman–Crippen MR) is 141 cm³/mol. The van der Waals surface area contributed by atoms with Gasteiger partial charge in [0.05, 0.1) is 23.2 Å². The molecule has 3 N–H and O–H groups in total. The number of hydrogen-bond acceptors (Lipinski definition) is 4. The molecule has 7 nitrogen and oxygen atoms in total. The van der Waals surface area contributed by atoms with Gasteiger partial charge >= 0.3 is 0 Å². The Bertz CT molecular complexity index is 1810. The molecular weight excluding hydrogens is 595 g/mol. The van der Waals surface area contributed by atoms with E-state index in [1.165, 1.54) is 18.3 Å². The van der Waals surface area contributed by atoms with E-state index in [1.54, 1.807) is 12.1 Å². The molecule has 0 aliphatic heterocycles. The summed E-state index contributed by atoms with van der Waals surface area (Å²) >= 11 is 0. The first-order valence-electron chi connectivity index (χ1n) is 13.3. The molecule has 2 aromatic carbocycles. The van der Waals surface area contributed by atoms with Crippen LogP contribution in [0.2, 0.25) is 0 Å². The van der Waals surface area contributed by atoms with E-state index in [4.69, 9.17) is 5.73 Å². The second kappa shape index (κ2) is 10.5. The molecule has 2 aliphatic carbocycles. The van der Waals surface area contributed by atoms with Crippen LogP contribution in [0.4, 0.5) is 30.7 Å². The molecule has 228 valence electrons. The molecule has 6 rings (SSSR count). The monoisotopic (exact) mass is 617 g/mol. The fourth-order valence-electron chi connectivity index (χ4n) is 6.02. The maximum Gasteiger partial charge on any atom is 0.282 e. The van der Waals surface area contributed by atoms with Gasteiger partial charge in [0.1, 0.15) is 29.7 Å². The summed E-state index contributed by atoms with van der Waals surface area (Å²) in [6, 6.07) is 9.56. The van der Waals surface area contributed by atoms with Crippen molar-refractivity contribution in [1.82, 2.24) is 20.1 Å². The van der Waals surface area contributed by atoms with Crippen molar-refractivity contribution >= 4 is 11.8 Å². The van der Waals surface area contributed by atoms with Crippen LogP contribution in [-0.4, -0.2) is 32.5 Å². The number of primary amides is 1. The number of nitrogens with one attached hydrogen (secondary N) is 1. The van der Waals surface area contributed by atoms with E-state index in [1.807, 2.05) is 0 Å². The van der Waals surface area contributed by atoms with Crippen molar-refractivity contribution < 1.29 is 40.3 Å². The van der Waals surface area contributed by atoms with E-state index < -0.39 is 83.7 Å². The highest BCUT2D eigenvalue weighted by atomic mass is 19.3. The second-order valence-corrected chi connectivity index (χ2v) is 10.9. The molecule has 2 atom stereocenters. The Morgan fingerprint density at radius 2 is 1.77 bits per heavy atom. The molecule has 1 saturated carbocycles. The predicted octanol–water partition coefficient (Wildman–Crippen LogP) is 5.33. The Morgan fingerprint density at radius 1 is 1.05 bits per heavy atom. The number of alkyl halides is 4. The number of halogens is 7. The number of pyridine rings is 1. The molecule has 2 aliphatic rings. The van der Waals surface area contributed by atoms with E-state index in [9.17, 15) is 40.3 Å². The minimum atomic E-state index is -3.28. The van der Waals surface area contributed by atoms with Crippen LogP contribution in [0.5, 0.6) is 0 Å². The summed E-state index contributed by atoms with van der Waals surface area (Å²) in [7, 11) is 0. The minimum Gasteiger partial charge on any atom is -0.366 e. The van der Waals surface area contributed by atoms with E-state index >= 15 is 0 Å². The zero-order valence-electron chi connectivity index (χ0n) is 22.6. The summed E-state index contributed by atoms with van der Waals surface area (Å²) in [6.45, 7) is -0.707. The van der Waals surface area contributed by atoms with Crippen LogP contribution in [-0.2, 0) is 29.7 Å². The highest BCUT2D eigenvalue weighted by Gasteiger charge is 2.59. The van der Waals surface area contributed by atoms with Crippen LogP contribution in [0.15, 0.2) is 54.7 Å². The summed E-state index contributed by atoms with van der Waals surface area (Å²) in [5, 5.41) is 6.52. The fourth-order valence-corrected chi connectivity index (χ4v) is 6.02. The molecule has 2 heterocycles. The number of nitrogens with two attached hydrogens (primary N) is 1. The zero-order valence-corrected chi connectivity index (χ0v) is 22.6. The van der Waals surface area contributed by atoms with Gasteiger partial charge in [0.15, 0.2) is 0 Å². The second-order valence-electron chi connectivity index (χ2n) is 10.9. The Kier molecular flexibility index (Phi) is 6.97. The number of aromatic nitrogens is 3. The van der Waals surface area contributed by atoms with Gasteiger partial charge in [-0.25, -0.2) is 30.7 Å². The van der Waals surface area contributed by atoms with Crippen molar-refractivity contribution in [3.05, 3.63) is 106 Å². The largest absolute Gasteiger partial charge is 0.366 e. The van der Waals surface area contributed by atoms with Gasteiger partial charge in [-0.2, -0.15) is 5.10 Å². The van der Waals surface area contributed by atoms with Gasteiger partial charge in [-0.05, 0) is 47.9 Å². The summed E-state index contributed by atoms with van der Waals surface area (Å²) in [5.41, 5.74) is 3.15. The van der Waals surface area contributed by atoms with E-state index in [-0.39, 0.29) is 28.9 Å². The highest BCUT2D eigenvalue weighted by molar-refractivity contribution is 5.94. The lowest BCUT2D eigenvalue weighted by Gasteiger charge is -2.23. The van der Waals surface area contributed by atoms with Crippen molar-refractivity contribution in [2.45, 2.75) is 49.6 Å². The molecule has 2 unspecified atom stereocenters. The Hall–Kier alpha value is -4.75. The van der Waals surface area contributed by atoms with Crippen LogP contribution in [0.1, 0.15) is 57.3 Å². The highest BCUT2D eigenvalue weighted by Crippen LogP contribution is 2.59. The molecule has 44 heavy (non-hydrogen) atoms. The van der Waals surface area contributed by atoms with Crippen LogP contribution in [0.3, 0.4) is 0 Å². The van der Waals surface area contributed by atoms with E-state index in [0.29, 0.717) is 17.2 Å². The fraction of sp³-hybridized carbons (Fsp3) is 0.267. The molecule has 14 heteroatoms. The Balaban J connectivity index is 1.41. The normalized spacial score (nSPS) is 20.0. The topological polar surface area (TPSA) is 103 Å². The maximum atomic E-state index is 14.3.